The average molecular weight is 827 g/mol. The normalized spacial score (nSPS) is 20.6. The first-order valence-electron chi connectivity index (χ1n) is 17.5. The average Bonchev–Trinajstić information content (AvgIpc) is 3.40. The van der Waals surface area contributed by atoms with Crippen molar-refractivity contribution < 1.29 is 75.3 Å². The van der Waals surface area contributed by atoms with Crippen LogP contribution in [0.3, 0.4) is 0 Å². The fraction of sp³-hybridized carbons (Fsp3) is 0.368. The maximum absolute atomic E-state index is 13.7. The lowest BCUT2D eigenvalue weighted by molar-refractivity contribution is -0.385. The van der Waals surface area contributed by atoms with Crippen molar-refractivity contribution in [2.24, 2.45) is 0 Å². The predicted molar refractivity (Wildman–Crippen MR) is 196 cm³/mol. The number of hydrogen-bond donors (Lipinski definition) is 0. The van der Waals surface area contributed by atoms with Crippen LogP contribution in [-0.2, 0) is 59.3 Å². The molecule has 0 radical (unpaired) electrons. The van der Waals surface area contributed by atoms with Crippen LogP contribution in [0.5, 0.6) is 11.5 Å². The second-order valence-electron chi connectivity index (χ2n) is 13.0. The van der Waals surface area contributed by atoms with Crippen LogP contribution in [0.15, 0.2) is 66.7 Å². The van der Waals surface area contributed by atoms with Gasteiger partial charge in [-0.25, -0.2) is 13.2 Å². The van der Waals surface area contributed by atoms with Gasteiger partial charge < -0.3 is 33.2 Å². The number of benzene rings is 3. The lowest BCUT2D eigenvalue weighted by Crippen LogP contribution is -2.64. The number of nitro groups is 1. The molecule has 3 aromatic carbocycles. The molecule has 0 spiro atoms. The highest BCUT2D eigenvalue weighted by Crippen LogP contribution is 2.40. The maximum Gasteiger partial charge on any atom is 0.339 e. The first-order chi connectivity index (χ1) is 27.4. The number of fused-ring (bicyclic) bond motifs is 1. The Hall–Kier alpha value is -6.41. The lowest BCUT2D eigenvalue weighted by atomic mass is 9.97. The molecule has 2 aliphatic heterocycles. The number of ether oxygens (including phenoxy) is 7. The van der Waals surface area contributed by atoms with E-state index in [0.29, 0.717) is 10.5 Å². The van der Waals surface area contributed by atoms with E-state index in [1.165, 1.54) is 30.3 Å². The quantitative estimate of drug-likeness (QED) is 0.0702. The second kappa shape index (κ2) is 17.8. The van der Waals surface area contributed by atoms with Crippen molar-refractivity contribution in [1.29, 1.82) is 0 Å². The van der Waals surface area contributed by atoms with E-state index in [-0.39, 0.29) is 35.8 Å². The van der Waals surface area contributed by atoms with E-state index in [2.05, 4.69) is 0 Å². The number of carbonyl (C=O) groups excluding carboxylic acids is 6. The Morgan fingerprint density at radius 2 is 1.48 bits per heavy atom. The predicted octanol–water partition coefficient (Wildman–Crippen LogP) is 3.02. The molecule has 58 heavy (non-hydrogen) atoms. The molecule has 0 N–H and O–H groups in total. The summed E-state index contributed by atoms with van der Waals surface area (Å²) in [6, 6.07) is 14.3. The Labute approximate surface area is 331 Å². The van der Waals surface area contributed by atoms with Crippen LogP contribution >= 0.6 is 0 Å². The zero-order valence-corrected chi connectivity index (χ0v) is 32.5. The van der Waals surface area contributed by atoms with Crippen LogP contribution in [0.25, 0.3) is 0 Å². The van der Waals surface area contributed by atoms with Crippen molar-refractivity contribution in [3.05, 3.63) is 99.1 Å². The van der Waals surface area contributed by atoms with Crippen molar-refractivity contribution in [3.63, 3.8) is 0 Å². The third kappa shape index (κ3) is 9.75. The number of nitrogens with zero attached hydrogens (tertiary/aromatic N) is 2. The molecular weight excluding hydrogens is 788 g/mol. The molecule has 3 aromatic rings. The summed E-state index contributed by atoms with van der Waals surface area (Å²) in [5.74, 6) is -7.03. The minimum absolute atomic E-state index is 0.0227. The Bertz CT molecular complexity index is 2230. The Kier molecular flexibility index (Phi) is 13.1. The first kappa shape index (κ1) is 42.7. The molecule has 1 fully saturated rings. The number of carbonyl (C=O) groups is 6. The van der Waals surface area contributed by atoms with Crippen LogP contribution in [0, 0.1) is 10.1 Å². The summed E-state index contributed by atoms with van der Waals surface area (Å²) in [4.78, 5) is 89.6. The van der Waals surface area contributed by atoms with Gasteiger partial charge >= 0.3 is 23.9 Å². The molecule has 0 aliphatic carbocycles. The fourth-order valence-corrected chi connectivity index (χ4v) is 7.33. The van der Waals surface area contributed by atoms with Crippen LogP contribution < -0.4 is 9.47 Å². The van der Waals surface area contributed by atoms with Crippen molar-refractivity contribution >= 4 is 51.2 Å². The summed E-state index contributed by atoms with van der Waals surface area (Å²) in [5.41, 5.74) is -0.823. The van der Waals surface area contributed by atoms with Crippen molar-refractivity contribution in [2.45, 2.75) is 71.0 Å². The van der Waals surface area contributed by atoms with Gasteiger partial charge in [0.15, 0.2) is 29.8 Å². The Morgan fingerprint density at radius 3 is 2.09 bits per heavy atom. The topological polar surface area (TPSA) is 248 Å². The molecule has 6 atom stereocenters. The summed E-state index contributed by atoms with van der Waals surface area (Å²) < 4.78 is 65.2. The smallest absolute Gasteiger partial charge is 0.339 e. The standard InChI is InChI=1S/C38H38N2O17S/c1-6-51-29-17-24(27(19-58(5,49)50)39-35(44)25-13-10-14-26(40(47)48)30(25)36(39)45)15-16-28(29)56-38-34(55-22(4)43)32(54-21(3)42)31(53-20(2)41)33(57-38)37(46)52-18-23-11-8-7-9-12-23/h7-17,27,31-34,38H,6,18-19H2,1-5H3/t27-,31+,32+,33+,34-,38-/m1/s1. The second-order valence-corrected chi connectivity index (χ2v) is 15.2. The Morgan fingerprint density at radius 1 is 0.845 bits per heavy atom. The molecule has 0 unspecified atom stereocenters. The monoisotopic (exact) mass is 826 g/mol. The minimum Gasteiger partial charge on any atom is -0.490 e. The van der Waals surface area contributed by atoms with Gasteiger partial charge in [0.05, 0.1) is 28.9 Å². The SMILES string of the molecule is CCOc1cc([C@@H](CS(C)(=O)=O)N2C(=O)c3cccc([N+](=O)[O-])c3C2=O)ccc1O[C@@H]1O[C@H](C(=O)OCc2ccccc2)[C@@H](OC(C)=O)[C@H](OC(C)=O)[C@H]1OC(C)=O. The van der Waals surface area contributed by atoms with Crippen molar-refractivity contribution in [2.75, 3.05) is 18.6 Å². The van der Waals surface area contributed by atoms with Gasteiger partial charge in [-0.1, -0.05) is 42.5 Å². The molecule has 5 rings (SSSR count). The van der Waals surface area contributed by atoms with Gasteiger partial charge in [0.25, 0.3) is 17.5 Å². The van der Waals surface area contributed by atoms with Crippen LogP contribution in [0.4, 0.5) is 5.69 Å². The third-order valence-electron chi connectivity index (χ3n) is 8.65. The maximum atomic E-state index is 13.7. The molecule has 20 heteroatoms. The van der Waals surface area contributed by atoms with Gasteiger partial charge in [-0.2, -0.15) is 0 Å². The highest BCUT2D eigenvalue weighted by atomic mass is 32.2. The van der Waals surface area contributed by atoms with Gasteiger partial charge in [0.1, 0.15) is 22.0 Å². The summed E-state index contributed by atoms with van der Waals surface area (Å²) in [7, 11) is -3.95. The number of esters is 4. The van der Waals surface area contributed by atoms with Crippen molar-refractivity contribution in [1.82, 2.24) is 4.90 Å². The summed E-state index contributed by atoms with van der Waals surface area (Å²) in [5, 5.41) is 11.8. The molecule has 2 aliphatic rings. The number of rotatable bonds is 15. The van der Waals surface area contributed by atoms with Gasteiger partial charge in [-0.3, -0.25) is 39.0 Å². The van der Waals surface area contributed by atoms with E-state index in [9.17, 15) is 47.3 Å². The molecular formula is C38H38N2O17S. The number of nitro benzene ring substituents is 1. The Balaban J connectivity index is 1.56. The third-order valence-corrected chi connectivity index (χ3v) is 9.57. The van der Waals surface area contributed by atoms with E-state index >= 15 is 0 Å². The van der Waals surface area contributed by atoms with Gasteiger partial charge in [0.2, 0.25) is 12.4 Å². The zero-order valence-electron chi connectivity index (χ0n) is 31.7. The van der Waals surface area contributed by atoms with E-state index in [0.717, 1.165) is 33.1 Å². The lowest BCUT2D eigenvalue weighted by Gasteiger charge is -2.43. The molecule has 19 nitrogen and oxygen atoms in total. The molecule has 0 saturated carbocycles. The van der Waals surface area contributed by atoms with Gasteiger partial charge in [-0.05, 0) is 36.2 Å². The summed E-state index contributed by atoms with van der Waals surface area (Å²) in [6.07, 6.45) is -7.89. The van der Waals surface area contributed by atoms with Gasteiger partial charge in [-0.15, -0.1) is 0 Å². The minimum atomic E-state index is -3.95. The summed E-state index contributed by atoms with van der Waals surface area (Å²) >= 11 is 0. The van der Waals surface area contributed by atoms with E-state index in [1.807, 2.05) is 0 Å². The van der Waals surface area contributed by atoms with Crippen LogP contribution in [0.1, 0.15) is 65.6 Å². The first-order valence-corrected chi connectivity index (χ1v) is 19.6. The number of amides is 2. The molecule has 2 heterocycles. The van der Waals surface area contributed by atoms with E-state index in [1.54, 1.807) is 37.3 Å². The fourth-order valence-electron chi connectivity index (χ4n) is 6.42. The van der Waals surface area contributed by atoms with Gasteiger partial charge in [0, 0.05) is 33.1 Å². The molecule has 2 amide bonds. The zero-order chi connectivity index (χ0) is 42.5. The van der Waals surface area contributed by atoms with Crippen molar-refractivity contribution in [3.8, 4) is 11.5 Å². The largest absolute Gasteiger partial charge is 0.490 e. The number of sulfone groups is 1. The molecule has 0 aromatic heterocycles. The highest BCUT2D eigenvalue weighted by Gasteiger charge is 2.56. The molecule has 1 saturated heterocycles. The van der Waals surface area contributed by atoms with E-state index in [4.69, 9.17) is 33.2 Å². The highest BCUT2D eigenvalue weighted by molar-refractivity contribution is 7.90. The molecule has 0 bridgehead atoms. The molecule has 308 valence electrons. The van der Waals surface area contributed by atoms with E-state index < -0.39 is 104 Å². The van der Waals surface area contributed by atoms with Crippen LogP contribution in [0.2, 0.25) is 0 Å². The summed E-state index contributed by atoms with van der Waals surface area (Å²) in [6.45, 7) is 4.39. The number of imide groups is 1. The van der Waals surface area contributed by atoms with Crippen LogP contribution in [-0.4, -0.2) is 103 Å². The number of hydrogen-bond acceptors (Lipinski definition) is 17.